The molecule has 3 aliphatic heterocycles. The van der Waals surface area contributed by atoms with Gasteiger partial charge >= 0.3 is 5.97 Å². The van der Waals surface area contributed by atoms with Crippen molar-refractivity contribution >= 4 is 17.8 Å². The summed E-state index contributed by atoms with van der Waals surface area (Å²) in [5.74, 6) is -1.37. The zero-order chi connectivity index (χ0) is 21.8. The minimum absolute atomic E-state index is 0.00216. The number of likely N-dealkylation sites (tertiary alicyclic amines) is 1. The number of rotatable bonds is 3. The Morgan fingerprint density at radius 1 is 0.875 bits per heavy atom. The topological polar surface area (TPSA) is 72.9 Å². The molecular formula is C26H21NO5. The van der Waals surface area contributed by atoms with Crippen LogP contribution in [0, 0.1) is 10.8 Å². The van der Waals surface area contributed by atoms with Gasteiger partial charge in [-0.1, -0.05) is 60.7 Å². The van der Waals surface area contributed by atoms with Crippen molar-refractivity contribution in [3.63, 3.8) is 0 Å². The number of carbonyl (C=O) groups is 3. The molecule has 0 N–H and O–H groups in total. The van der Waals surface area contributed by atoms with Gasteiger partial charge in [-0.25, -0.2) is 0 Å². The van der Waals surface area contributed by atoms with Crippen LogP contribution in [-0.4, -0.2) is 48.0 Å². The zero-order valence-corrected chi connectivity index (χ0v) is 17.5. The molecule has 2 saturated heterocycles. The second-order valence-electron chi connectivity index (χ2n) is 9.33. The largest absolute Gasteiger partial charge is 0.464 e. The van der Waals surface area contributed by atoms with Crippen LogP contribution < -0.4 is 0 Å². The first-order chi connectivity index (χ1) is 15.5. The smallest absolute Gasteiger partial charge is 0.302 e. The first kappa shape index (κ1) is 18.3. The van der Waals surface area contributed by atoms with Gasteiger partial charge in [0.05, 0.1) is 18.8 Å². The number of benzene rings is 2. The molecule has 4 bridgehead atoms. The van der Waals surface area contributed by atoms with Crippen LogP contribution in [-0.2, 0) is 23.9 Å². The van der Waals surface area contributed by atoms with Gasteiger partial charge in [-0.05, 0) is 22.3 Å². The van der Waals surface area contributed by atoms with E-state index in [1.807, 2.05) is 36.4 Å². The van der Waals surface area contributed by atoms with Crippen LogP contribution in [0.25, 0.3) is 0 Å². The van der Waals surface area contributed by atoms with E-state index in [2.05, 4.69) is 24.3 Å². The van der Waals surface area contributed by atoms with Crippen molar-refractivity contribution in [1.82, 2.24) is 4.90 Å². The number of hydrogen-bond donors (Lipinski definition) is 0. The molecule has 0 unspecified atom stereocenters. The highest BCUT2D eigenvalue weighted by atomic mass is 16.5. The third-order valence-corrected chi connectivity index (χ3v) is 8.30. The molecule has 160 valence electrons. The molecule has 0 saturated carbocycles. The lowest BCUT2D eigenvalue weighted by atomic mass is 9.38. The molecule has 4 atom stereocenters. The van der Waals surface area contributed by atoms with E-state index in [-0.39, 0.29) is 36.8 Å². The predicted molar refractivity (Wildman–Crippen MR) is 113 cm³/mol. The second-order valence-corrected chi connectivity index (χ2v) is 9.33. The molecule has 0 radical (unpaired) electrons. The van der Waals surface area contributed by atoms with Gasteiger partial charge in [0.25, 0.3) is 0 Å². The van der Waals surface area contributed by atoms with E-state index in [4.69, 9.17) is 9.47 Å². The molecule has 2 amide bonds. The van der Waals surface area contributed by atoms with Crippen LogP contribution in [0.3, 0.4) is 0 Å². The number of esters is 1. The quantitative estimate of drug-likeness (QED) is 0.428. The van der Waals surface area contributed by atoms with Gasteiger partial charge in [-0.15, -0.1) is 0 Å². The van der Waals surface area contributed by atoms with Crippen LogP contribution in [0.4, 0.5) is 0 Å². The average molecular weight is 427 g/mol. The van der Waals surface area contributed by atoms with E-state index < -0.39 is 29.0 Å². The van der Waals surface area contributed by atoms with Crippen molar-refractivity contribution < 1.29 is 23.9 Å². The molecule has 3 aliphatic carbocycles. The number of imide groups is 1. The van der Waals surface area contributed by atoms with Crippen molar-refractivity contribution in [2.45, 2.75) is 31.0 Å². The van der Waals surface area contributed by atoms with Crippen molar-refractivity contribution in [2.75, 3.05) is 13.2 Å². The number of amides is 2. The van der Waals surface area contributed by atoms with Crippen LogP contribution in [0.5, 0.6) is 0 Å². The highest BCUT2D eigenvalue weighted by Gasteiger charge is 2.87. The fraction of sp³-hybridized carbons (Fsp3) is 0.346. The minimum Gasteiger partial charge on any atom is -0.464 e. The fourth-order valence-corrected chi connectivity index (χ4v) is 7.50. The highest BCUT2D eigenvalue weighted by Crippen LogP contribution is 2.79. The Bertz CT molecular complexity index is 1130. The van der Waals surface area contributed by atoms with Gasteiger partial charge in [-0.3, -0.25) is 19.3 Å². The molecule has 2 aromatic carbocycles. The lowest BCUT2D eigenvalue weighted by Crippen LogP contribution is -2.62. The first-order valence-electron chi connectivity index (χ1n) is 11.1. The molecule has 3 heterocycles. The summed E-state index contributed by atoms with van der Waals surface area (Å²) in [6.07, 6.45) is 3.01. The maximum absolute atomic E-state index is 14.3. The maximum Gasteiger partial charge on any atom is 0.302 e. The summed E-state index contributed by atoms with van der Waals surface area (Å²) >= 11 is 0. The summed E-state index contributed by atoms with van der Waals surface area (Å²) in [6, 6.07) is 16.4. The van der Waals surface area contributed by atoms with Crippen molar-refractivity contribution in [1.29, 1.82) is 0 Å². The van der Waals surface area contributed by atoms with E-state index >= 15 is 0 Å². The molecule has 32 heavy (non-hydrogen) atoms. The summed E-state index contributed by atoms with van der Waals surface area (Å²) in [6.45, 7) is 1.38. The van der Waals surface area contributed by atoms with Crippen LogP contribution in [0.1, 0.15) is 41.0 Å². The van der Waals surface area contributed by atoms with Crippen LogP contribution in [0.15, 0.2) is 60.7 Å². The molecule has 6 nitrogen and oxygen atoms in total. The lowest BCUT2D eigenvalue weighted by Gasteiger charge is -2.58. The Hall–Kier alpha value is -3.25. The monoisotopic (exact) mass is 427 g/mol. The third-order valence-electron chi connectivity index (χ3n) is 8.30. The molecular weight excluding hydrogens is 406 g/mol. The van der Waals surface area contributed by atoms with Gasteiger partial charge in [0, 0.05) is 18.8 Å². The van der Waals surface area contributed by atoms with Crippen molar-refractivity contribution in [3.8, 4) is 0 Å². The molecule has 8 rings (SSSR count). The Labute approximate surface area is 184 Å². The van der Waals surface area contributed by atoms with E-state index in [0.29, 0.717) is 0 Å². The van der Waals surface area contributed by atoms with E-state index in [1.165, 1.54) is 11.8 Å². The van der Waals surface area contributed by atoms with Gasteiger partial charge < -0.3 is 9.47 Å². The first-order valence-corrected chi connectivity index (χ1v) is 11.1. The second kappa shape index (κ2) is 5.75. The standard InChI is InChI=1S/C26H21NO5/c1-14(28)31-13-12-27-23(29)25-19-10-11-20(32-19)26(25,24(27)30)22-16-7-3-2-6-15(16)21(25)17-8-4-5-9-18(17)22/h2-11,19-22H,12-13H2,1H3/t19-,20+,21?,22?,25+,26-. The zero-order valence-electron chi connectivity index (χ0n) is 17.5. The van der Waals surface area contributed by atoms with Crippen molar-refractivity contribution in [2.24, 2.45) is 10.8 Å². The van der Waals surface area contributed by atoms with Gasteiger partial charge in [0.1, 0.15) is 17.4 Å². The lowest BCUT2D eigenvalue weighted by molar-refractivity contribution is -0.150. The van der Waals surface area contributed by atoms with Gasteiger partial charge in [0.2, 0.25) is 11.8 Å². The molecule has 0 aromatic heterocycles. The predicted octanol–water partition coefficient (Wildman–Crippen LogP) is 2.52. The highest BCUT2D eigenvalue weighted by molar-refractivity contribution is 6.14. The average Bonchev–Trinajstić information content (AvgIpc) is 3.46. The summed E-state index contributed by atoms with van der Waals surface area (Å²) in [4.78, 5) is 41.2. The van der Waals surface area contributed by atoms with Crippen LogP contribution >= 0.6 is 0 Å². The minimum atomic E-state index is -1.02. The number of nitrogens with zero attached hydrogens (tertiary/aromatic N) is 1. The summed E-state index contributed by atoms with van der Waals surface area (Å²) in [7, 11) is 0. The Balaban J connectivity index is 1.52. The third kappa shape index (κ3) is 1.68. The van der Waals surface area contributed by atoms with E-state index in [1.54, 1.807) is 0 Å². The summed E-state index contributed by atoms with van der Waals surface area (Å²) < 4.78 is 11.5. The summed E-state index contributed by atoms with van der Waals surface area (Å²) in [5, 5.41) is 0. The Morgan fingerprint density at radius 2 is 1.31 bits per heavy atom. The number of carbonyl (C=O) groups excluding carboxylic acids is 3. The molecule has 0 spiro atoms. The fourth-order valence-electron chi connectivity index (χ4n) is 7.50. The van der Waals surface area contributed by atoms with Crippen LogP contribution in [0.2, 0.25) is 0 Å². The van der Waals surface area contributed by atoms with Gasteiger partial charge in [-0.2, -0.15) is 0 Å². The molecule has 6 aliphatic rings. The Morgan fingerprint density at radius 3 is 1.72 bits per heavy atom. The maximum atomic E-state index is 14.3. The SMILES string of the molecule is CC(=O)OCCN1C(=O)[C@@]23C4c5ccccc5C(c5ccccc54)[C@]2(C1=O)[C@H]1C=C[C@@H]3O1. The van der Waals surface area contributed by atoms with E-state index in [9.17, 15) is 14.4 Å². The summed E-state index contributed by atoms with van der Waals surface area (Å²) in [5.41, 5.74) is 2.40. The normalized spacial score (nSPS) is 36.7. The van der Waals surface area contributed by atoms with Crippen molar-refractivity contribution in [3.05, 3.63) is 82.9 Å². The van der Waals surface area contributed by atoms with Gasteiger partial charge in [0.15, 0.2) is 0 Å². The molecule has 2 aromatic rings. The Kier molecular flexibility index (Phi) is 3.30. The number of fused-ring (bicyclic) bond motifs is 2. The number of ether oxygens (including phenoxy) is 2. The van der Waals surface area contributed by atoms with E-state index in [0.717, 1.165) is 22.3 Å². The molecule has 6 heteroatoms. The molecule has 2 fully saturated rings. The number of hydrogen-bond acceptors (Lipinski definition) is 5.